The van der Waals surface area contributed by atoms with Crippen LogP contribution in [0.4, 0.5) is 0 Å². The highest BCUT2D eigenvalue weighted by molar-refractivity contribution is 9.10. The molecule has 4 heteroatoms. The van der Waals surface area contributed by atoms with Gasteiger partial charge in [0.05, 0.1) is 6.10 Å². The number of benzene rings is 2. The third-order valence-electron chi connectivity index (χ3n) is 3.21. The van der Waals surface area contributed by atoms with Crippen LogP contribution in [0.2, 0.25) is 0 Å². The van der Waals surface area contributed by atoms with Crippen LogP contribution in [0.15, 0.2) is 53.0 Å². The fourth-order valence-corrected chi connectivity index (χ4v) is 2.44. The number of hydrogen-bond acceptors (Lipinski definition) is 3. The Morgan fingerprint density at radius 1 is 1.05 bits per heavy atom. The van der Waals surface area contributed by atoms with E-state index in [0.717, 1.165) is 22.2 Å². The van der Waals surface area contributed by atoms with Gasteiger partial charge in [0.25, 0.3) is 0 Å². The van der Waals surface area contributed by atoms with Crippen LogP contribution >= 0.6 is 15.9 Å². The number of nitrogens with one attached hydrogen (secondary N) is 1. The van der Waals surface area contributed by atoms with Gasteiger partial charge in [-0.15, -0.1) is 0 Å². The maximum Gasteiger partial charge on any atom is 0.119 e. The molecule has 0 bridgehead atoms. The molecule has 1 atom stereocenters. The number of nitrogens with two attached hydrogens (primary N) is 1. The Bertz CT molecular complexity index is 552. The van der Waals surface area contributed by atoms with Crippen LogP contribution in [0.1, 0.15) is 31.0 Å². The zero-order chi connectivity index (χ0) is 15.2. The lowest BCUT2D eigenvalue weighted by atomic mass is 9.99. The lowest BCUT2D eigenvalue weighted by Crippen LogP contribution is -2.29. The Balaban J connectivity index is 2.08. The third kappa shape index (κ3) is 4.84. The monoisotopic (exact) mass is 348 g/mol. The Labute approximate surface area is 134 Å². The van der Waals surface area contributed by atoms with Gasteiger partial charge < -0.3 is 4.74 Å². The minimum absolute atomic E-state index is 0.0827. The number of rotatable bonds is 6. The van der Waals surface area contributed by atoms with Crippen LogP contribution < -0.4 is 16.0 Å². The Morgan fingerprint density at radius 2 is 1.67 bits per heavy atom. The zero-order valence-electron chi connectivity index (χ0n) is 12.3. The second-order valence-electron chi connectivity index (χ2n) is 5.29. The first kappa shape index (κ1) is 16.0. The molecule has 1 unspecified atom stereocenters. The largest absolute Gasteiger partial charge is 0.491 e. The summed E-state index contributed by atoms with van der Waals surface area (Å²) in [7, 11) is 0. The molecule has 2 aromatic rings. The first-order valence-corrected chi connectivity index (χ1v) is 7.85. The summed E-state index contributed by atoms with van der Waals surface area (Å²) >= 11 is 3.45. The fourth-order valence-electron chi connectivity index (χ4n) is 2.18. The third-order valence-corrected chi connectivity index (χ3v) is 3.74. The predicted octanol–water partition coefficient (Wildman–Crippen LogP) is 3.98. The van der Waals surface area contributed by atoms with Gasteiger partial charge in [-0.25, -0.2) is 0 Å². The summed E-state index contributed by atoms with van der Waals surface area (Å²) in [6, 6.07) is 16.5. The smallest absolute Gasteiger partial charge is 0.119 e. The van der Waals surface area contributed by atoms with Crippen molar-refractivity contribution in [3.05, 3.63) is 64.1 Å². The Hall–Kier alpha value is -1.36. The van der Waals surface area contributed by atoms with Crippen LogP contribution in [0, 0.1) is 0 Å². The van der Waals surface area contributed by atoms with E-state index in [1.807, 2.05) is 38.1 Å². The summed E-state index contributed by atoms with van der Waals surface area (Å²) in [4.78, 5) is 0. The predicted molar refractivity (Wildman–Crippen MR) is 90.1 cm³/mol. The lowest BCUT2D eigenvalue weighted by molar-refractivity contribution is 0.242. The summed E-state index contributed by atoms with van der Waals surface area (Å²) in [6.07, 6.45) is 1.02. The van der Waals surface area contributed by atoms with Gasteiger partial charge in [-0.05, 0) is 55.7 Å². The molecule has 21 heavy (non-hydrogen) atoms. The topological polar surface area (TPSA) is 47.3 Å². The van der Waals surface area contributed by atoms with Crippen molar-refractivity contribution in [2.45, 2.75) is 32.4 Å². The molecule has 0 heterocycles. The molecule has 3 N–H and O–H groups in total. The van der Waals surface area contributed by atoms with E-state index in [9.17, 15) is 0 Å². The van der Waals surface area contributed by atoms with Crippen LogP contribution in [0.3, 0.4) is 0 Å². The maximum absolute atomic E-state index is 5.71. The van der Waals surface area contributed by atoms with E-state index in [4.69, 9.17) is 10.6 Å². The fraction of sp³-hybridized carbons (Fsp3) is 0.294. The van der Waals surface area contributed by atoms with Gasteiger partial charge in [-0.2, -0.15) is 0 Å². The molecule has 0 aliphatic heterocycles. The molecule has 112 valence electrons. The number of halogens is 1. The van der Waals surface area contributed by atoms with E-state index in [0.29, 0.717) is 0 Å². The molecule has 0 amide bonds. The van der Waals surface area contributed by atoms with Gasteiger partial charge >= 0.3 is 0 Å². The summed E-state index contributed by atoms with van der Waals surface area (Å²) < 4.78 is 6.74. The molecule has 2 aromatic carbocycles. The van der Waals surface area contributed by atoms with E-state index in [1.165, 1.54) is 5.56 Å². The highest BCUT2D eigenvalue weighted by atomic mass is 79.9. The average Bonchev–Trinajstić information content (AvgIpc) is 2.47. The first-order chi connectivity index (χ1) is 10.1. The summed E-state index contributed by atoms with van der Waals surface area (Å²) in [5.41, 5.74) is 5.28. The Morgan fingerprint density at radius 3 is 2.19 bits per heavy atom. The molecule has 0 radical (unpaired) electrons. The van der Waals surface area contributed by atoms with Gasteiger partial charge in [0.15, 0.2) is 0 Å². The van der Waals surface area contributed by atoms with Crippen molar-refractivity contribution < 1.29 is 4.74 Å². The van der Waals surface area contributed by atoms with Crippen molar-refractivity contribution in [3.8, 4) is 5.75 Å². The highest BCUT2D eigenvalue weighted by Crippen LogP contribution is 2.22. The SMILES string of the molecule is CC(C)Oc1ccc(C(Cc2ccc(Br)cc2)NN)cc1. The molecule has 0 saturated heterocycles. The van der Waals surface area contributed by atoms with E-state index in [1.54, 1.807) is 0 Å². The minimum Gasteiger partial charge on any atom is -0.491 e. The van der Waals surface area contributed by atoms with E-state index < -0.39 is 0 Å². The molecule has 0 saturated carbocycles. The molecule has 0 aliphatic rings. The van der Waals surface area contributed by atoms with Gasteiger partial charge in [-0.1, -0.05) is 40.2 Å². The van der Waals surface area contributed by atoms with Crippen LogP contribution in [0.5, 0.6) is 5.75 Å². The zero-order valence-corrected chi connectivity index (χ0v) is 13.9. The van der Waals surface area contributed by atoms with Crippen molar-refractivity contribution >= 4 is 15.9 Å². The maximum atomic E-state index is 5.71. The van der Waals surface area contributed by atoms with Gasteiger partial charge in [-0.3, -0.25) is 11.3 Å². The van der Waals surface area contributed by atoms with Crippen molar-refractivity contribution in [1.29, 1.82) is 0 Å². The number of ether oxygens (including phenoxy) is 1. The van der Waals surface area contributed by atoms with Gasteiger partial charge in [0.2, 0.25) is 0 Å². The normalized spacial score (nSPS) is 12.4. The molecule has 0 fully saturated rings. The minimum atomic E-state index is 0.0827. The van der Waals surface area contributed by atoms with Crippen molar-refractivity contribution in [1.82, 2.24) is 5.43 Å². The molecule has 0 spiro atoms. The lowest BCUT2D eigenvalue weighted by Gasteiger charge is -2.17. The highest BCUT2D eigenvalue weighted by Gasteiger charge is 2.11. The summed E-state index contributed by atoms with van der Waals surface area (Å²) in [5.74, 6) is 6.59. The number of hydrazine groups is 1. The average molecular weight is 349 g/mol. The van der Waals surface area contributed by atoms with E-state index >= 15 is 0 Å². The van der Waals surface area contributed by atoms with Gasteiger partial charge in [0.1, 0.15) is 5.75 Å². The Kier molecular flexibility index (Phi) is 5.79. The van der Waals surface area contributed by atoms with Crippen LogP contribution in [-0.2, 0) is 6.42 Å². The molecule has 3 nitrogen and oxygen atoms in total. The molecule has 0 aromatic heterocycles. The summed E-state index contributed by atoms with van der Waals surface area (Å²) in [6.45, 7) is 4.04. The standard InChI is InChI=1S/C17H21BrN2O/c1-12(2)21-16-9-5-14(6-10-16)17(20-19)11-13-3-7-15(18)8-4-13/h3-10,12,17,20H,11,19H2,1-2H3. The second kappa shape index (κ2) is 7.59. The van der Waals surface area contributed by atoms with E-state index in [-0.39, 0.29) is 12.1 Å². The second-order valence-corrected chi connectivity index (χ2v) is 6.20. The van der Waals surface area contributed by atoms with E-state index in [2.05, 4.69) is 45.6 Å². The summed E-state index contributed by atoms with van der Waals surface area (Å²) in [5, 5.41) is 0. The molecule has 0 aliphatic carbocycles. The quantitative estimate of drug-likeness (QED) is 0.613. The molecular weight excluding hydrogens is 328 g/mol. The van der Waals surface area contributed by atoms with Crippen molar-refractivity contribution in [3.63, 3.8) is 0 Å². The first-order valence-electron chi connectivity index (χ1n) is 7.05. The number of hydrogen-bond donors (Lipinski definition) is 2. The van der Waals surface area contributed by atoms with Crippen molar-refractivity contribution in [2.75, 3.05) is 0 Å². The van der Waals surface area contributed by atoms with Crippen LogP contribution in [0.25, 0.3) is 0 Å². The molecule has 2 rings (SSSR count). The van der Waals surface area contributed by atoms with Gasteiger partial charge in [0, 0.05) is 10.5 Å². The van der Waals surface area contributed by atoms with Crippen molar-refractivity contribution in [2.24, 2.45) is 5.84 Å². The molecular formula is C17H21BrN2O. The van der Waals surface area contributed by atoms with Crippen LogP contribution in [-0.4, -0.2) is 6.10 Å².